The van der Waals surface area contributed by atoms with Crippen LogP contribution in [0.4, 0.5) is 8.78 Å². The van der Waals surface area contributed by atoms with E-state index in [0.29, 0.717) is 63.3 Å². The molecule has 7 rings (SSSR count). The zero-order valence-electron chi connectivity index (χ0n) is 28.0. The van der Waals surface area contributed by atoms with Crippen LogP contribution in [0.2, 0.25) is 0 Å². The van der Waals surface area contributed by atoms with Crippen molar-refractivity contribution in [2.45, 2.75) is 25.7 Å². The highest BCUT2D eigenvalue weighted by Crippen LogP contribution is 2.23. The molecule has 0 saturated carbocycles. The van der Waals surface area contributed by atoms with Crippen molar-refractivity contribution < 1.29 is 34.8 Å². The van der Waals surface area contributed by atoms with E-state index in [1.165, 1.54) is 29.2 Å². The number of carboxylic acid groups (broad SMARTS) is 2. The van der Waals surface area contributed by atoms with Crippen molar-refractivity contribution in [3.8, 4) is 0 Å². The number of likely N-dealkylation sites (tertiary alicyclic amines) is 1. The van der Waals surface area contributed by atoms with Gasteiger partial charge in [-0.25, -0.2) is 23.8 Å². The quantitative estimate of drug-likeness (QED) is 0.168. The molecule has 3 heterocycles. The number of nitrogens with zero attached hydrogens (tertiary/aromatic N) is 3. The van der Waals surface area contributed by atoms with Crippen molar-refractivity contribution in [3.05, 3.63) is 151 Å². The number of aliphatic carboxylic acids is 1. The second-order valence-corrected chi connectivity index (χ2v) is 12.3. The lowest BCUT2D eigenvalue weighted by atomic mass is 9.96. The van der Waals surface area contributed by atoms with E-state index in [0.717, 1.165) is 6.07 Å². The summed E-state index contributed by atoms with van der Waals surface area (Å²) in [6, 6.07) is 22.3. The lowest BCUT2D eigenvalue weighted by Gasteiger charge is -2.30. The number of nitrogens with one attached hydrogen (secondary N) is 2. The van der Waals surface area contributed by atoms with E-state index in [1.807, 2.05) is 6.07 Å². The standard InChI is InChI=1S/C22H20FN3O4.C16H11FN2O3.B.H2/c23-18-6-5-13(12-19-15-3-1-2-4-16(15)20(27)25-24-19)11-17(18)21(28)26-9-7-14(8-10-26)22(29)30;17-13-6-5-9(7-12(13)16(21)22)8-14-10-3-1-2-4-11(10)15(20)19-18-14;;/h1-6,11,14H,7-10,12H2,(H,25,27)(H,29,30);1-7H,8H2,(H,19,20)(H,21,22);;1H/i;;;1+1. The Morgan fingerprint density at radius 1 is 0.698 bits per heavy atom. The third kappa shape index (κ3) is 8.36. The smallest absolute Gasteiger partial charge is 0.338 e. The van der Waals surface area contributed by atoms with E-state index in [2.05, 4.69) is 20.4 Å². The van der Waals surface area contributed by atoms with Crippen LogP contribution in [0, 0.1) is 17.6 Å². The number of hydrogen-bond acceptors (Lipinski definition) is 7. The van der Waals surface area contributed by atoms with Crippen LogP contribution < -0.4 is 11.1 Å². The van der Waals surface area contributed by atoms with E-state index in [-0.39, 0.29) is 51.6 Å². The van der Waals surface area contributed by atoms with Crippen molar-refractivity contribution in [2.24, 2.45) is 5.92 Å². The summed E-state index contributed by atoms with van der Waals surface area (Å²) in [5.74, 6) is -4.50. The van der Waals surface area contributed by atoms with Gasteiger partial charge in [0.25, 0.3) is 17.0 Å². The van der Waals surface area contributed by atoms with Gasteiger partial charge < -0.3 is 15.1 Å². The van der Waals surface area contributed by atoms with Crippen LogP contribution in [0.1, 0.15) is 57.5 Å². The highest BCUT2D eigenvalue weighted by Gasteiger charge is 2.29. The fourth-order valence-corrected chi connectivity index (χ4v) is 6.19. The molecule has 4 aromatic carbocycles. The monoisotopic (exact) mass is 721 g/mol. The lowest BCUT2D eigenvalue weighted by Crippen LogP contribution is -2.40. The van der Waals surface area contributed by atoms with Crippen LogP contribution in [0.3, 0.4) is 0 Å². The van der Waals surface area contributed by atoms with Crippen LogP contribution in [-0.4, -0.2) is 74.9 Å². The van der Waals surface area contributed by atoms with Gasteiger partial charge in [0.1, 0.15) is 11.6 Å². The third-order valence-corrected chi connectivity index (χ3v) is 8.95. The molecule has 12 nitrogen and oxygen atoms in total. The maximum absolute atomic E-state index is 14.4. The molecule has 6 aromatic rings. The first-order valence-electron chi connectivity index (χ1n) is 16.2. The molecule has 0 atom stereocenters. The van der Waals surface area contributed by atoms with Gasteiger partial charge in [-0.2, -0.15) is 10.2 Å². The maximum atomic E-state index is 14.4. The van der Waals surface area contributed by atoms with E-state index in [1.54, 1.807) is 48.5 Å². The molecule has 1 fully saturated rings. The number of hydrogen-bond donors (Lipinski definition) is 4. The number of rotatable bonds is 7. The third-order valence-electron chi connectivity index (χ3n) is 8.95. The first-order valence-corrected chi connectivity index (χ1v) is 16.2. The highest BCUT2D eigenvalue weighted by molar-refractivity contribution is 5.95. The Morgan fingerprint density at radius 3 is 1.58 bits per heavy atom. The number of H-pyrrole nitrogens is 2. The number of benzene rings is 4. The van der Waals surface area contributed by atoms with E-state index >= 15 is 0 Å². The Morgan fingerprint density at radius 2 is 1.13 bits per heavy atom. The Balaban J connectivity index is 0.000000242. The molecule has 269 valence electrons. The highest BCUT2D eigenvalue weighted by atomic mass is 19.1. The zero-order chi connectivity index (χ0) is 36.9. The van der Waals surface area contributed by atoms with Gasteiger partial charge in [-0.1, -0.05) is 48.5 Å². The molecule has 15 heteroatoms. The first-order chi connectivity index (χ1) is 25.0. The van der Waals surface area contributed by atoms with Crippen molar-refractivity contribution in [3.63, 3.8) is 0 Å². The minimum atomic E-state index is -1.32. The van der Waals surface area contributed by atoms with Gasteiger partial charge >= 0.3 is 11.9 Å². The molecular formula is C38H33BF2N5O7. The fourth-order valence-electron chi connectivity index (χ4n) is 6.19. The second kappa shape index (κ2) is 16.2. The molecule has 2 aromatic heterocycles. The molecule has 1 amide bonds. The normalized spacial score (nSPS) is 12.8. The van der Waals surface area contributed by atoms with Crippen LogP contribution in [0.25, 0.3) is 21.5 Å². The molecule has 3 radical (unpaired) electrons. The average molecular weight is 722 g/mol. The molecule has 0 aliphatic carbocycles. The van der Waals surface area contributed by atoms with Crippen LogP contribution in [0.5, 0.6) is 0 Å². The SMILES string of the molecule is O=C(O)C1CCN(C(=O)c2cc(Cc3n[nH]c(=O)c4ccccc34)ccc2F)CC1.O=C(O)c1cc(Cc2n[nH]c(=O)c3ccccc23)ccc1F.[2HH].[B]. The Labute approximate surface area is 303 Å². The average Bonchev–Trinajstić information content (AvgIpc) is 3.15. The van der Waals surface area contributed by atoms with Gasteiger partial charge in [0.05, 0.1) is 39.2 Å². The van der Waals surface area contributed by atoms with Gasteiger partial charge in [0, 0.05) is 46.5 Å². The van der Waals surface area contributed by atoms with Gasteiger partial charge in [-0.05, 0) is 60.4 Å². The molecule has 0 spiro atoms. The van der Waals surface area contributed by atoms with Crippen molar-refractivity contribution in [2.75, 3.05) is 13.1 Å². The summed E-state index contributed by atoms with van der Waals surface area (Å²) in [6.45, 7) is 0.567. The largest absolute Gasteiger partial charge is 0.481 e. The fraction of sp³-hybridized carbons (Fsp3) is 0.184. The van der Waals surface area contributed by atoms with Crippen LogP contribution in [-0.2, 0) is 17.6 Å². The molecule has 1 aliphatic heterocycles. The number of aromatic nitrogens is 4. The number of aromatic carboxylic acids is 1. The van der Waals surface area contributed by atoms with Crippen LogP contribution in [0.15, 0.2) is 94.5 Å². The summed E-state index contributed by atoms with van der Waals surface area (Å²) < 4.78 is 27.8. The van der Waals surface area contributed by atoms with Crippen molar-refractivity contribution >= 4 is 47.8 Å². The summed E-state index contributed by atoms with van der Waals surface area (Å²) >= 11 is 0. The number of fused-ring (bicyclic) bond motifs is 2. The lowest BCUT2D eigenvalue weighted by molar-refractivity contribution is -0.143. The number of halogens is 2. The number of carbonyl (C=O) groups is 3. The number of carbonyl (C=O) groups excluding carboxylic acids is 1. The number of aromatic amines is 2. The van der Waals surface area contributed by atoms with Gasteiger partial charge in [0.2, 0.25) is 0 Å². The molecular weight excluding hydrogens is 687 g/mol. The number of piperidine rings is 1. The Bertz CT molecular complexity index is 2470. The van der Waals surface area contributed by atoms with E-state index in [9.17, 15) is 32.8 Å². The minimum absolute atomic E-state index is 0. The van der Waals surface area contributed by atoms with Crippen LogP contribution >= 0.6 is 0 Å². The predicted octanol–water partition coefficient (Wildman–Crippen LogP) is 4.81. The summed E-state index contributed by atoms with van der Waals surface area (Å²) in [6.07, 6.45) is 1.32. The molecule has 1 aliphatic rings. The zero-order valence-corrected chi connectivity index (χ0v) is 28.0. The van der Waals surface area contributed by atoms with Crippen molar-refractivity contribution in [1.29, 1.82) is 0 Å². The summed E-state index contributed by atoms with van der Waals surface area (Å²) in [7, 11) is 0. The summed E-state index contributed by atoms with van der Waals surface area (Å²) in [5, 5.41) is 33.5. The topological polar surface area (TPSA) is 186 Å². The molecule has 4 N–H and O–H groups in total. The van der Waals surface area contributed by atoms with Crippen molar-refractivity contribution in [1.82, 2.24) is 25.3 Å². The molecule has 0 unspecified atom stereocenters. The van der Waals surface area contributed by atoms with Gasteiger partial charge in [-0.3, -0.25) is 19.2 Å². The predicted molar refractivity (Wildman–Crippen MR) is 194 cm³/mol. The number of amides is 1. The Kier molecular flexibility index (Phi) is 11.6. The van der Waals surface area contributed by atoms with E-state index in [4.69, 9.17) is 10.2 Å². The van der Waals surface area contributed by atoms with E-state index < -0.39 is 35.4 Å². The maximum Gasteiger partial charge on any atom is 0.338 e. The molecule has 53 heavy (non-hydrogen) atoms. The van der Waals surface area contributed by atoms with Gasteiger partial charge in [-0.15, -0.1) is 0 Å². The molecule has 1 saturated heterocycles. The molecule has 0 bridgehead atoms. The second-order valence-electron chi connectivity index (χ2n) is 12.3. The van der Waals surface area contributed by atoms with Gasteiger partial charge in [0.15, 0.2) is 0 Å². The first kappa shape index (κ1) is 37.7. The summed E-state index contributed by atoms with van der Waals surface area (Å²) in [4.78, 5) is 60.1. The minimum Gasteiger partial charge on any atom is -0.481 e. The Hall–Kier alpha value is -6.51. The number of carboxylic acids is 2. The summed E-state index contributed by atoms with van der Waals surface area (Å²) in [5.41, 5.74) is 1.50.